The maximum absolute atomic E-state index is 9.10. The molecule has 0 saturated carbocycles. The predicted octanol–water partition coefficient (Wildman–Crippen LogP) is 4.02. The first-order valence-corrected chi connectivity index (χ1v) is 5.51. The standard InChI is InChI=1S/C12H14BrN/c1-8(2)12(7-14)11-6-10(13)5-4-9(11)3/h4-6,8,12H,1-3H3. The van der Waals surface area contributed by atoms with Crippen molar-refractivity contribution in [3.8, 4) is 6.07 Å². The van der Waals surface area contributed by atoms with Gasteiger partial charge in [0.05, 0.1) is 12.0 Å². The van der Waals surface area contributed by atoms with E-state index in [0.717, 1.165) is 10.0 Å². The number of hydrogen-bond donors (Lipinski definition) is 0. The van der Waals surface area contributed by atoms with Crippen LogP contribution in [0, 0.1) is 24.2 Å². The molecule has 0 amide bonds. The largest absolute Gasteiger partial charge is 0.198 e. The Balaban J connectivity index is 3.17. The van der Waals surface area contributed by atoms with Gasteiger partial charge in [-0.2, -0.15) is 5.26 Å². The van der Waals surface area contributed by atoms with E-state index < -0.39 is 0 Å². The van der Waals surface area contributed by atoms with Gasteiger partial charge in [0.25, 0.3) is 0 Å². The van der Waals surface area contributed by atoms with Crippen LogP contribution < -0.4 is 0 Å². The molecule has 0 spiro atoms. The van der Waals surface area contributed by atoms with Crippen molar-refractivity contribution in [2.45, 2.75) is 26.7 Å². The third kappa shape index (κ3) is 2.36. The molecule has 0 radical (unpaired) electrons. The van der Waals surface area contributed by atoms with Crippen LogP contribution in [-0.2, 0) is 0 Å². The molecule has 0 aliphatic carbocycles. The minimum Gasteiger partial charge on any atom is -0.198 e. The van der Waals surface area contributed by atoms with Gasteiger partial charge in [-0.1, -0.05) is 35.8 Å². The fourth-order valence-corrected chi connectivity index (χ4v) is 1.90. The number of nitriles is 1. The molecule has 1 atom stereocenters. The number of nitrogens with zero attached hydrogens (tertiary/aromatic N) is 1. The second-order valence-corrected chi connectivity index (χ2v) is 4.77. The summed E-state index contributed by atoms with van der Waals surface area (Å²) in [5.74, 6) is 0.348. The predicted molar refractivity (Wildman–Crippen MR) is 62.1 cm³/mol. The smallest absolute Gasteiger partial charge is 0.0738 e. The van der Waals surface area contributed by atoms with Gasteiger partial charge in [-0.25, -0.2) is 0 Å². The summed E-state index contributed by atoms with van der Waals surface area (Å²) in [5.41, 5.74) is 2.32. The quantitative estimate of drug-likeness (QED) is 0.779. The van der Waals surface area contributed by atoms with Gasteiger partial charge in [0, 0.05) is 4.47 Å². The van der Waals surface area contributed by atoms with Crippen LogP contribution in [0.3, 0.4) is 0 Å². The van der Waals surface area contributed by atoms with E-state index in [9.17, 15) is 0 Å². The minimum absolute atomic E-state index is 0.00694. The molecular formula is C12H14BrN. The van der Waals surface area contributed by atoms with Crippen molar-refractivity contribution in [2.75, 3.05) is 0 Å². The number of benzene rings is 1. The van der Waals surface area contributed by atoms with Gasteiger partial charge in [-0.15, -0.1) is 0 Å². The summed E-state index contributed by atoms with van der Waals surface area (Å²) in [6.45, 7) is 6.21. The highest BCUT2D eigenvalue weighted by Gasteiger charge is 2.16. The minimum atomic E-state index is -0.00694. The zero-order valence-electron chi connectivity index (χ0n) is 8.71. The zero-order chi connectivity index (χ0) is 10.7. The van der Waals surface area contributed by atoms with E-state index in [2.05, 4.69) is 42.8 Å². The Hall–Kier alpha value is -0.810. The van der Waals surface area contributed by atoms with Gasteiger partial charge in [0.15, 0.2) is 0 Å². The highest BCUT2D eigenvalue weighted by molar-refractivity contribution is 9.10. The molecule has 0 saturated heterocycles. The van der Waals surface area contributed by atoms with Crippen molar-refractivity contribution in [1.82, 2.24) is 0 Å². The van der Waals surface area contributed by atoms with Gasteiger partial charge >= 0.3 is 0 Å². The molecule has 1 nitrogen and oxygen atoms in total. The van der Waals surface area contributed by atoms with E-state index in [4.69, 9.17) is 5.26 Å². The Morgan fingerprint density at radius 3 is 2.50 bits per heavy atom. The van der Waals surface area contributed by atoms with Crippen LogP contribution in [0.25, 0.3) is 0 Å². The molecule has 0 aliphatic heterocycles. The summed E-state index contributed by atoms with van der Waals surface area (Å²) >= 11 is 3.43. The molecule has 2 heteroatoms. The van der Waals surface area contributed by atoms with Crippen molar-refractivity contribution in [3.05, 3.63) is 33.8 Å². The van der Waals surface area contributed by atoms with E-state index >= 15 is 0 Å². The van der Waals surface area contributed by atoms with Crippen molar-refractivity contribution in [2.24, 2.45) is 5.92 Å². The fourth-order valence-electron chi connectivity index (χ4n) is 1.52. The molecule has 0 aliphatic rings. The third-order valence-electron chi connectivity index (χ3n) is 2.38. The highest BCUT2D eigenvalue weighted by atomic mass is 79.9. The van der Waals surface area contributed by atoms with Crippen LogP contribution in [0.1, 0.15) is 30.9 Å². The Labute approximate surface area is 93.9 Å². The molecule has 1 aromatic carbocycles. The summed E-state index contributed by atoms with van der Waals surface area (Å²) in [5, 5.41) is 9.10. The number of hydrogen-bond acceptors (Lipinski definition) is 1. The van der Waals surface area contributed by atoms with Gasteiger partial charge in [-0.3, -0.25) is 0 Å². The highest BCUT2D eigenvalue weighted by Crippen LogP contribution is 2.28. The van der Waals surface area contributed by atoms with Crippen molar-refractivity contribution in [3.63, 3.8) is 0 Å². The molecule has 14 heavy (non-hydrogen) atoms. The average molecular weight is 252 g/mol. The molecular weight excluding hydrogens is 238 g/mol. The number of rotatable bonds is 2. The molecule has 1 rings (SSSR count). The van der Waals surface area contributed by atoms with E-state index in [1.807, 2.05) is 18.2 Å². The zero-order valence-corrected chi connectivity index (χ0v) is 10.3. The second-order valence-electron chi connectivity index (χ2n) is 3.85. The van der Waals surface area contributed by atoms with Crippen molar-refractivity contribution in [1.29, 1.82) is 5.26 Å². The van der Waals surface area contributed by atoms with Gasteiger partial charge < -0.3 is 0 Å². The van der Waals surface area contributed by atoms with Crippen molar-refractivity contribution < 1.29 is 0 Å². The first-order chi connectivity index (χ1) is 6.56. The average Bonchev–Trinajstić information content (AvgIpc) is 2.11. The van der Waals surface area contributed by atoms with Crippen LogP contribution >= 0.6 is 15.9 Å². The number of halogens is 1. The SMILES string of the molecule is Cc1ccc(Br)cc1C(C#N)C(C)C. The molecule has 0 N–H and O–H groups in total. The van der Waals surface area contributed by atoms with Crippen LogP contribution in [0.2, 0.25) is 0 Å². The lowest BCUT2D eigenvalue weighted by Gasteiger charge is -2.16. The summed E-state index contributed by atoms with van der Waals surface area (Å²) in [4.78, 5) is 0. The van der Waals surface area contributed by atoms with Crippen LogP contribution in [0.15, 0.2) is 22.7 Å². The summed E-state index contributed by atoms with van der Waals surface area (Å²) in [6, 6.07) is 8.47. The Morgan fingerprint density at radius 1 is 1.36 bits per heavy atom. The van der Waals surface area contributed by atoms with Gasteiger partial charge in [0.2, 0.25) is 0 Å². The molecule has 1 unspecified atom stereocenters. The third-order valence-corrected chi connectivity index (χ3v) is 2.88. The monoisotopic (exact) mass is 251 g/mol. The lowest BCUT2D eigenvalue weighted by molar-refractivity contribution is 0.585. The van der Waals surface area contributed by atoms with Crippen LogP contribution in [0.5, 0.6) is 0 Å². The number of aryl methyl sites for hydroxylation is 1. The van der Waals surface area contributed by atoms with E-state index in [-0.39, 0.29) is 5.92 Å². The van der Waals surface area contributed by atoms with Gasteiger partial charge in [-0.05, 0) is 36.1 Å². The van der Waals surface area contributed by atoms with E-state index in [0.29, 0.717) is 5.92 Å². The van der Waals surface area contributed by atoms with Crippen LogP contribution in [-0.4, -0.2) is 0 Å². The lowest BCUT2D eigenvalue weighted by atomic mass is 9.87. The molecule has 74 valence electrons. The maximum Gasteiger partial charge on any atom is 0.0738 e. The fraction of sp³-hybridized carbons (Fsp3) is 0.417. The second kappa shape index (κ2) is 4.61. The first-order valence-electron chi connectivity index (χ1n) is 4.72. The summed E-state index contributed by atoms with van der Waals surface area (Å²) in [6.07, 6.45) is 0. The van der Waals surface area contributed by atoms with Crippen LogP contribution in [0.4, 0.5) is 0 Å². The van der Waals surface area contributed by atoms with Gasteiger partial charge in [0.1, 0.15) is 0 Å². The topological polar surface area (TPSA) is 23.8 Å². The molecule has 0 heterocycles. The Bertz CT molecular complexity index is 363. The molecule has 1 aromatic rings. The first kappa shape index (κ1) is 11.3. The van der Waals surface area contributed by atoms with Crippen molar-refractivity contribution >= 4 is 15.9 Å². The summed E-state index contributed by atoms with van der Waals surface area (Å²) < 4.78 is 1.04. The Morgan fingerprint density at radius 2 is 2.00 bits per heavy atom. The maximum atomic E-state index is 9.10. The van der Waals surface area contributed by atoms with E-state index in [1.165, 1.54) is 5.56 Å². The summed E-state index contributed by atoms with van der Waals surface area (Å²) in [7, 11) is 0. The Kier molecular flexibility index (Phi) is 3.71. The molecule has 0 bridgehead atoms. The normalized spacial score (nSPS) is 12.6. The van der Waals surface area contributed by atoms with E-state index in [1.54, 1.807) is 0 Å². The molecule has 0 fully saturated rings. The molecule has 0 aromatic heterocycles. The lowest BCUT2D eigenvalue weighted by Crippen LogP contribution is -2.05.